The van der Waals surface area contributed by atoms with Gasteiger partial charge in [-0.2, -0.15) is 0 Å². The predicted octanol–water partition coefficient (Wildman–Crippen LogP) is 2.90. The lowest BCUT2D eigenvalue weighted by Gasteiger charge is -2.36. The molecule has 0 unspecified atom stereocenters. The molecule has 0 radical (unpaired) electrons. The molecule has 1 saturated heterocycles. The Labute approximate surface area is 190 Å². The summed E-state index contributed by atoms with van der Waals surface area (Å²) >= 11 is 5.46. The fraction of sp³-hybridized carbons (Fsp3) is 0.348. The van der Waals surface area contributed by atoms with Crippen molar-refractivity contribution in [2.45, 2.75) is 20.0 Å². The summed E-state index contributed by atoms with van der Waals surface area (Å²) in [5, 5.41) is 3.32. The Balaban J connectivity index is 1.43. The van der Waals surface area contributed by atoms with Crippen LogP contribution in [0.15, 0.2) is 41.2 Å². The van der Waals surface area contributed by atoms with E-state index >= 15 is 0 Å². The molecule has 0 saturated carbocycles. The van der Waals surface area contributed by atoms with Crippen LogP contribution in [0.3, 0.4) is 0 Å². The number of fused-ring (bicyclic) bond motifs is 1. The quantitative estimate of drug-likeness (QED) is 0.579. The maximum absolute atomic E-state index is 14.3. The Bertz CT molecular complexity index is 1280. The molecular formula is C23H26FN5O2S. The molecule has 32 heavy (non-hydrogen) atoms. The van der Waals surface area contributed by atoms with Crippen LogP contribution < -0.4 is 15.9 Å². The lowest BCUT2D eigenvalue weighted by atomic mass is 10.1. The van der Waals surface area contributed by atoms with Gasteiger partial charge in [0, 0.05) is 57.4 Å². The fourth-order valence-corrected chi connectivity index (χ4v) is 4.52. The van der Waals surface area contributed by atoms with Crippen molar-refractivity contribution in [3.05, 3.63) is 68.5 Å². The largest absolute Gasteiger partial charge is 0.369 e. The zero-order valence-corrected chi connectivity index (χ0v) is 19.0. The van der Waals surface area contributed by atoms with E-state index in [1.54, 1.807) is 10.6 Å². The Morgan fingerprint density at radius 3 is 2.56 bits per heavy atom. The smallest absolute Gasteiger partial charge is 0.326 e. The van der Waals surface area contributed by atoms with Gasteiger partial charge in [-0.05, 0) is 42.8 Å². The number of nitrogens with one attached hydrogen (secondary N) is 2. The average Bonchev–Trinajstić information content (AvgIpc) is 2.79. The summed E-state index contributed by atoms with van der Waals surface area (Å²) in [4.78, 5) is 31.3. The number of carbonyl (C=O) groups is 1. The van der Waals surface area contributed by atoms with E-state index in [1.165, 1.54) is 19.2 Å². The van der Waals surface area contributed by atoms with Gasteiger partial charge in [-0.25, -0.2) is 9.18 Å². The lowest BCUT2D eigenvalue weighted by Crippen LogP contribution is -2.46. The van der Waals surface area contributed by atoms with Gasteiger partial charge in [0.05, 0.1) is 11.1 Å². The lowest BCUT2D eigenvalue weighted by molar-refractivity contribution is 0.0959. The molecule has 1 fully saturated rings. The van der Waals surface area contributed by atoms with Gasteiger partial charge in [0.15, 0.2) is 0 Å². The number of anilines is 1. The number of H-pyrrole nitrogens is 1. The minimum absolute atomic E-state index is 0.0518. The molecule has 1 amide bonds. The number of aromatic nitrogens is 2. The number of hydrogen-bond donors (Lipinski definition) is 2. The molecule has 9 heteroatoms. The Kier molecular flexibility index (Phi) is 6.38. The third-order valence-electron chi connectivity index (χ3n) is 5.93. The van der Waals surface area contributed by atoms with Crippen molar-refractivity contribution in [1.82, 2.24) is 19.8 Å². The van der Waals surface area contributed by atoms with Crippen molar-refractivity contribution in [2.24, 2.45) is 0 Å². The first-order valence-corrected chi connectivity index (χ1v) is 11.1. The minimum atomic E-state index is -0.514. The summed E-state index contributed by atoms with van der Waals surface area (Å²) in [6.07, 6.45) is 0. The molecule has 2 N–H and O–H groups in total. The normalized spacial score (nSPS) is 14.7. The molecule has 2 aromatic carbocycles. The van der Waals surface area contributed by atoms with E-state index in [0.29, 0.717) is 11.2 Å². The van der Waals surface area contributed by atoms with Crippen molar-refractivity contribution < 1.29 is 9.18 Å². The van der Waals surface area contributed by atoms with Gasteiger partial charge in [-0.15, -0.1) is 0 Å². The summed E-state index contributed by atoms with van der Waals surface area (Å²) in [7, 11) is 1.49. The molecule has 1 aliphatic rings. The number of halogens is 1. The van der Waals surface area contributed by atoms with Gasteiger partial charge >= 0.3 is 5.69 Å². The summed E-state index contributed by atoms with van der Waals surface area (Å²) in [5.74, 6) is -0.941. The highest BCUT2D eigenvalue weighted by molar-refractivity contribution is 7.71. The average molecular weight is 456 g/mol. The van der Waals surface area contributed by atoms with E-state index in [4.69, 9.17) is 12.2 Å². The first-order valence-electron chi connectivity index (χ1n) is 10.7. The van der Waals surface area contributed by atoms with Crippen LogP contribution in [0, 0.1) is 10.5 Å². The summed E-state index contributed by atoms with van der Waals surface area (Å²) in [5.41, 5.74) is 2.50. The van der Waals surface area contributed by atoms with Gasteiger partial charge < -0.3 is 15.2 Å². The highest BCUT2D eigenvalue weighted by Crippen LogP contribution is 2.22. The highest BCUT2D eigenvalue weighted by atomic mass is 32.1. The van der Waals surface area contributed by atoms with Gasteiger partial charge in [0.25, 0.3) is 5.91 Å². The molecule has 1 aromatic heterocycles. The second-order valence-corrected chi connectivity index (χ2v) is 8.25. The van der Waals surface area contributed by atoms with Crippen LogP contribution in [0.1, 0.15) is 22.8 Å². The van der Waals surface area contributed by atoms with Crippen molar-refractivity contribution in [3.63, 3.8) is 0 Å². The molecule has 0 atom stereocenters. The van der Waals surface area contributed by atoms with Crippen LogP contribution >= 0.6 is 12.2 Å². The summed E-state index contributed by atoms with van der Waals surface area (Å²) < 4.78 is 16.4. The fourth-order valence-electron chi connectivity index (χ4n) is 4.13. The van der Waals surface area contributed by atoms with Crippen molar-refractivity contribution in [3.8, 4) is 0 Å². The van der Waals surface area contributed by atoms with E-state index in [0.717, 1.165) is 54.9 Å². The van der Waals surface area contributed by atoms with Gasteiger partial charge in [-0.1, -0.05) is 18.3 Å². The Hall–Kier alpha value is -3.04. The molecule has 1 aliphatic heterocycles. The topological polar surface area (TPSA) is 73.4 Å². The SMILES string of the molecule is CCn1c(=O)[nH]c2cc(CN3CCN(c4ccc(C(=O)NC)c(F)c4)CC3)ccc2c1=S. The van der Waals surface area contributed by atoms with E-state index in [9.17, 15) is 14.0 Å². The first-order chi connectivity index (χ1) is 15.4. The third kappa shape index (κ3) is 4.31. The first kappa shape index (κ1) is 22.2. The molecule has 168 valence electrons. The number of benzene rings is 2. The molecule has 4 rings (SSSR count). The maximum atomic E-state index is 14.3. The van der Waals surface area contributed by atoms with Crippen LogP contribution in [0.5, 0.6) is 0 Å². The number of piperazine rings is 1. The molecule has 2 heterocycles. The monoisotopic (exact) mass is 455 g/mol. The zero-order valence-electron chi connectivity index (χ0n) is 18.2. The molecule has 0 spiro atoms. The summed E-state index contributed by atoms with van der Waals surface area (Å²) in [6.45, 7) is 6.36. The Morgan fingerprint density at radius 2 is 1.91 bits per heavy atom. The number of nitrogens with zero attached hydrogens (tertiary/aromatic N) is 3. The van der Waals surface area contributed by atoms with Gasteiger partial charge in [-0.3, -0.25) is 14.3 Å². The maximum Gasteiger partial charge on any atom is 0.326 e. The second kappa shape index (κ2) is 9.22. The molecule has 3 aromatic rings. The molecule has 7 nitrogen and oxygen atoms in total. The zero-order chi connectivity index (χ0) is 22.8. The van der Waals surface area contributed by atoms with E-state index in [-0.39, 0.29) is 11.3 Å². The van der Waals surface area contributed by atoms with Gasteiger partial charge in [0.1, 0.15) is 10.5 Å². The van der Waals surface area contributed by atoms with Crippen LogP contribution in [-0.2, 0) is 13.1 Å². The highest BCUT2D eigenvalue weighted by Gasteiger charge is 2.19. The Morgan fingerprint density at radius 1 is 1.16 bits per heavy atom. The van der Waals surface area contributed by atoms with Crippen molar-refractivity contribution in [2.75, 3.05) is 38.1 Å². The number of rotatable bonds is 5. The van der Waals surface area contributed by atoms with E-state index < -0.39 is 11.7 Å². The van der Waals surface area contributed by atoms with E-state index in [1.807, 2.05) is 19.1 Å². The van der Waals surface area contributed by atoms with Crippen molar-refractivity contribution >= 4 is 34.7 Å². The predicted molar refractivity (Wildman–Crippen MR) is 126 cm³/mol. The number of carbonyl (C=O) groups excluding carboxylic acids is 1. The van der Waals surface area contributed by atoms with E-state index in [2.05, 4.69) is 26.2 Å². The van der Waals surface area contributed by atoms with Crippen molar-refractivity contribution in [1.29, 1.82) is 0 Å². The number of aromatic amines is 1. The minimum Gasteiger partial charge on any atom is -0.369 e. The number of amides is 1. The summed E-state index contributed by atoms with van der Waals surface area (Å²) in [6, 6.07) is 10.8. The second-order valence-electron chi connectivity index (χ2n) is 7.87. The van der Waals surface area contributed by atoms with Crippen LogP contribution in [0.25, 0.3) is 10.9 Å². The molecule has 0 aliphatic carbocycles. The standard InChI is InChI=1S/C23H26FN5O2S/c1-3-29-22(32)18-6-4-15(12-20(18)26-23(29)31)14-27-8-10-28(11-9-27)16-5-7-17(19(24)13-16)21(30)25-2/h4-7,12-13H,3,8-11,14H2,1-2H3,(H,25,30)(H,26,31). The van der Waals surface area contributed by atoms with Crippen LogP contribution in [-0.4, -0.2) is 53.6 Å². The third-order valence-corrected chi connectivity index (χ3v) is 6.37. The molecule has 0 bridgehead atoms. The molecular weight excluding hydrogens is 429 g/mol. The van der Waals surface area contributed by atoms with Crippen LogP contribution in [0.2, 0.25) is 0 Å². The van der Waals surface area contributed by atoms with Gasteiger partial charge in [0.2, 0.25) is 0 Å². The number of hydrogen-bond acceptors (Lipinski definition) is 5. The van der Waals surface area contributed by atoms with Crippen LogP contribution in [0.4, 0.5) is 10.1 Å².